The van der Waals surface area contributed by atoms with Gasteiger partial charge in [0.25, 0.3) is 5.91 Å². The summed E-state index contributed by atoms with van der Waals surface area (Å²) in [5.74, 6) is 0.565. The van der Waals surface area contributed by atoms with E-state index >= 15 is 0 Å². The van der Waals surface area contributed by atoms with Gasteiger partial charge in [0.05, 0.1) is 5.69 Å². The highest BCUT2D eigenvalue weighted by atomic mass is 35.5. The number of fused-ring (bicyclic) bond motifs is 3. The molecule has 0 spiro atoms. The van der Waals surface area contributed by atoms with E-state index in [-0.39, 0.29) is 5.91 Å². The van der Waals surface area contributed by atoms with Gasteiger partial charge in [-0.2, -0.15) is 5.10 Å². The molecule has 24 heavy (non-hydrogen) atoms. The molecule has 0 aliphatic carbocycles. The smallest absolute Gasteiger partial charge is 0.272 e. The zero-order chi connectivity index (χ0) is 16.5. The molecule has 1 amide bonds. The minimum absolute atomic E-state index is 0.174. The van der Waals surface area contributed by atoms with E-state index in [2.05, 4.69) is 21.6 Å². The number of H-pyrrole nitrogens is 1. The largest absolute Gasteiger partial charge is 0.347 e. The first kappa shape index (κ1) is 15.3. The Hall–Kier alpha value is -2.24. The molecule has 2 N–H and O–H groups in total. The number of carbonyl (C=O) groups is 1. The lowest BCUT2D eigenvalue weighted by Gasteiger charge is -2.15. The highest BCUT2D eigenvalue weighted by Crippen LogP contribution is 2.41. The lowest BCUT2D eigenvalue weighted by molar-refractivity contribution is 0.0945. The number of thioether (sulfide) groups is 1. The summed E-state index contributed by atoms with van der Waals surface area (Å²) >= 11 is 7.70. The van der Waals surface area contributed by atoms with Crippen molar-refractivity contribution in [1.82, 2.24) is 15.5 Å². The van der Waals surface area contributed by atoms with Crippen LogP contribution in [-0.4, -0.2) is 16.1 Å². The molecule has 1 aliphatic heterocycles. The summed E-state index contributed by atoms with van der Waals surface area (Å²) in [4.78, 5) is 13.7. The number of nitrogens with one attached hydrogen (secondary N) is 2. The van der Waals surface area contributed by atoms with Gasteiger partial charge in [-0.3, -0.25) is 9.89 Å². The summed E-state index contributed by atoms with van der Waals surface area (Å²) in [5.41, 5.74) is 4.43. The number of halogens is 1. The summed E-state index contributed by atoms with van der Waals surface area (Å²) in [6.07, 6.45) is 0. The van der Waals surface area contributed by atoms with Crippen molar-refractivity contribution >= 4 is 29.3 Å². The molecule has 0 saturated carbocycles. The number of aromatic nitrogens is 2. The zero-order valence-corrected chi connectivity index (χ0v) is 14.2. The van der Waals surface area contributed by atoms with Gasteiger partial charge >= 0.3 is 0 Å². The predicted octanol–water partition coefficient (Wildman–Crippen LogP) is 4.27. The first-order valence-electron chi connectivity index (χ1n) is 7.54. The summed E-state index contributed by atoms with van der Waals surface area (Å²) in [7, 11) is 0. The van der Waals surface area contributed by atoms with Crippen molar-refractivity contribution in [3.8, 4) is 11.3 Å². The number of carbonyl (C=O) groups excluding carboxylic acids is 1. The topological polar surface area (TPSA) is 57.8 Å². The Morgan fingerprint density at radius 2 is 2.12 bits per heavy atom. The van der Waals surface area contributed by atoms with Gasteiger partial charge in [-0.15, -0.1) is 11.8 Å². The van der Waals surface area contributed by atoms with Crippen LogP contribution in [0, 0.1) is 0 Å². The van der Waals surface area contributed by atoms with Crippen molar-refractivity contribution in [2.75, 3.05) is 0 Å². The lowest BCUT2D eigenvalue weighted by atomic mass is 10.1. The average molecular weight is 356 g/mol. The Kier molecular flexibility index (Phi) is 4.04. The van der Waals surface area contributed by atoms with Crippen molar-refractivity contribution in [2.24, 2.45) is 0 Å². The number of hydrogen-bond acceptors (Lipinski definition) is 3. The van der Waals surface area contributed by atoms with E-state index in [4.69, 9.17) is 11.6 Å². The molecule has 2 aromatic carbocycles. The van der Waals surface area contributed by atoms with E-state index in [9.17, 15) is 4.79 Å². The second kappa shape index (κ2) is 6.34. The lowest BCUT2D eigenvalue weighted by Crippen LogP contribution is -2.24. The minimum atomic E-state index is -0.174. The molecule has 1 aliphatic rings. The third-order valence-corrected chi connectivity index (χ3v) is 5.29. The Morgan fingerprint density at radius 3 is 3.00 bits per heavy atom. The minimum Gasteiger partial charge on any atom is -0.347 e. The maximum Gasteiger partial charge on any atom is 0.272 e. The highest BCUT2D eigenvalue weighted by molar-refractivity contribution is 7.98. The Morgan fingerprint density at radius 1 is 1.25 bits per heavy atom. The normalized spacial score (nSPS) is 12.4. The van der Waals surface area contributed by atoms with Crippen LogP contribution in [0.3, 0.4) is 0 Å². The van der Waals surface area contributed by atoms with E-state index in [0.717, 1.165) is 28.1 Å². The fraction of sp³-hybridized carbons (Fsp3) is 0.111. The zero-order valence-electron chi connectivity index (χ0n) is 12.7. The summed E-state index contributed by atoms with van der Waals surface area (Å²) < 4.78 is 0. The van der Waals surface area contributed by atoms with Gasteiger partial charge < -0.3 is 5.32 Å². The monoisotopic (exact) mass is 355 g/mol. The molecule has 0 fully saturated rings. The van der Waals surface area contributed by atoms with Crippen molar-refractivity contribution in [3.05, 3.63) is 70.4 Å². The van der Waals surface area contributed by atoms with Gasteiger partial charge in [-0.25, -0.2) is 0 Å². The Labute approximate surface area is 148 Å². The van der Waals surface area contributed by atoms with Crippen molar-refractivity contribution in [2.45, 2.75) is 17.2 Å². The highest BCUT2D eigenvalue weighted by Gasteiger charge is 2.25. The van der Waals surface area contributed by atoms with Crippen LogP contribution < -0.4 is 5.32 Å². The van der Waals surface area contributed by atoms with E-state index in [1.54, 1.807) is 11.8 Å². The van der Waals surface area contributed by atoms with E-state index in [0.29, 0.717) is 17.3 Å². The van der Waals surface area contributed by atoms with Crippen LogP contribution in [0.15, 0.2) is 53.4 Å². The van der Waals surface area contributed by atoms with Gasteiger partial charge in [0, 0.05) is 33.3 Å². The third kappa shape index (κ3) is 2.81. The molecule has 0 atom stereocenters. The molecular formula is C18H14ClN3OS. The Bertz CT molecular complexity index is 922. The van der Waals surface area contributed by atoms with Crippen molar-refractivity contribution in [3.63, 3.8) is 0 Å². The van der Waals surface area contributed by atoms with Crippen molar-refractivity contribution < 1.29 is 4.79 Å². The first-order valence-corrected chi connectivity index (χ1v) is 8.91. The molecule has 0 saturated heterocycles. The van der Waals surface area contributed by atoms with Crippen LogP contribution in [0.2, 0.25) is 5.02 Å². The standard InChI is InChI=1S/C18H14ClN3OS/c19-12-5-3-4-11(8-12)9-20-18(23)17-14-10-24-15-7-2-1-6-13(15)16(14)21-22-17/h1-8H,9-10H2,(H,20,23)(H,21,22). The first-order chi connectivity index (χ1) is 11.7. The summed E-state index contributed by atoms with van der Waals surface area (Å²) in [6.45, 7) is 0.421. The number of nitrogens with zero attached hydrogens (tertiary/aromatic N) is 1. The summed E-state index contributed by atoms with van der Waals surface area (Å²) in [5, 5.41) is 10.8. The van der Waals surface area contributed by atoms with Crippen LogP contribution in [0.1, 0.15) is 21.6 Å². The van der Waals surface area contributed by atoms with E-state index < -0.39 is 0 Å². The second-order valence-corrected chi connectivity index (χ2v) is 6.98. The van der Waals surface area contributed by atoms with Gasteiger partial charge in [-0.1, -0.05) is 41.9 Å². The van der Waals surface area contributed by atoms with Crippen LogP contribution in [-0.2, 0) is 12.3 Å². The fourth-order valence-electron chi connectivity index (χ4n) is 2.78. The quantitative estimate of drug-likeness (QED) is 0.737. The van der Waals surface area contributed by atoms with Crippen LogP contribution in [0.25, 0.3) is 11.3 Å². The molecule has 0 radical (unpaired) electrons. The molecule has 1 aromatic heterocycles. The fourth-order valence-corrected chi connectivity index (χ4v) is 4.07. The number of aromatic amines is 1. The van der Waals surface area contributed by atoms with E-state index in [1.165, 1.54) is 4.90 Å². The van der Waals surface area contributed by atoms with Crippen LogP contribution in [0.5, 0.6) is 0 Å². The summed E-state index contributed by atoms with van der Waals surface area (Å²) in [6, 6.07) is 15.6. The van der Waals surface area contributed by atoms with Gasteiger partial charge in [0.15, 0.2) is 5.69 Å². The maximum atomic E-state index is 12.5. The SMILES string of the molecule is O=C(NCc1cccc(Cl)c1)c1n[nH]c2c1CSc1ccccc1-2. The maximum absolute atomic E-state index is 12.5. The van der Waals surface area contributed by atoms with Crippen molar-refractivity contribution in [1.29, 1.82) is 0 Å². The van der Waals surface area contributed by atoms with Gasteiger partial charge in [0.2, 0.25) is 0 Å². The Balaban J connectivity index is 1.56. The molecule has 3 aromatic rings. The molecule has 0 bridgehead atoms. The molecule has 2 heterocycles. The molecule has 4 rings (SSSR count). The van der Waals surface area contributed by atoms with Gasteiger partial charge in [0.1, 0.15) is 0 Å². The van der Waals surface area contributed by atoms with E-state index in [1.807, 2.05) is 42.5 Å². The number of rotatable bonds is 3. The number of amides is 1. The van der Waals surface area contributed by atoms with Crippen LogP contribution in [0.4, 0.5) is 0 Å². The molecular weight excluding hydrogens is 342 g/mol. The number of hydrogen-bond donors (Lipinski definition) is 2. The second-order valence-electron chi connectivity index (χ2n) is 5.52. The molecule has 120 valence electrons. The molecule has 4 nitrogen and oxygen atoms in total. The predicted molar refractivity (Wildman–Crippen MR) is 96.2 cm³/mol. The molecule has 0 unspecified atom stereocenters. The third-order valence-electron chi connectivity index (χ3n) is 3.95. The molecule has 6 heteroatoms. The van der Waals surface area contributed by atoms with Gasteiger partial charge in [-0.05, 0) is 23.8 Å². The van der Waals surface area contributed by atoms with Crippen LogP contribution >= 0.6 is 23.4 Å². The average Bonchev–Trinajstić information content (AvgIpc) is 3.04. The number of benzene rings is 2.